The van der Waals surface area contributed by atoms with Gasteiger partial charge in [0.15, 0.2) is 0 Å². The van der Waals surface area contributed by atoms with Crippen molar-refractivity contribution in [3.63, 3.8) is 0 Å². The fourth-order valence-corrected chi connectivity index (χ4v) is 2.07. The summed E-state index contributed by atoms with van der Waals surface area (Å²) in [5, 5.41) is 7.69. The van der Waals surface area contributed by atoms with E-state index in [0.29, 0.717) is 5.69 Å². The van der Waals surface area contributed by atoms with Gasteiger partial charge in [-0.05, 0) is 47.1 Å². The zero-order chi connectivity index (χ0) is 13.0. The lowest BCUT2D eigenvalue weighted by atomic mass is 10.3. The standard InChI is InChI=1S/C13H15BrFN3/c1-2-6-16-9-11-5-7-18(17-11)13-8-10(15)3-4-12(13)14/h3-5,7-8,16H,2,6,9H2,1H3. The van der Waals surface area contributed by atoms with Gasteiger partial charge in [0.05, 0.1) is 11.4 Å². The zero-order valence-corrected chi connectivity index (χ0v) is 11.7. The summed E-state index contributed by atoms with van der Waals surface area (Å²) < 4.78 is 15.7. The van der Waals surface area contributed by atoms with Crippen LogP contribution in [0.3, 0.4) is 0 Å². The van der Waals surface area contributed by atoms with E-state index in [4.69, 9.17) is 0 Å². The number of aromatic nitrogens is 2. The molecule has 2 rings (SSSR count). The summed E-state index contributed by atoms with van der Waals surface area (Å²) >= 11 is 3.40. The summed E-state index contributed by atoms with van der Waals surface area (Å²) in [4.78, 5) is 0. The second-order valence-corrected chi connectivity index (χ2v) is 4.88. The van der Waals surface area contributed by atoms with Crippen molar-refractivity contribution < 1.29 is 4.39 Å². The van der Waals surface area contributed by atoms with Crippen molar-refractivity contribution in [2.24, 2.45) is 0 Å². The first-order valence-electron chi connectivity index (χ1n) is 5.91. The monoisotopic (exact) mass is 311 g/mol. The summed E-state index contributed by atoms with van der Waals surface area (Å²) in [7, 11) is 0. The van der Waals surface area contributed by atoms with Gasteiger partial charge in [0, 0.05) is 23.3 Å². The van der Waals surface area contributed by atoms with E-state index in [2.05, 4.69) is 33.3 Å². The number of nitrogens with one attached hydrogen (secondary N) is 1. The van der Waals surface area contributed by atoms with Crippen LogP contribution < -0.4 is 5.32 Å². The van der Waals surface area contributed by atoms with Crippen molar-refractivity contribution in [3.8, 4) is 5.69 Å². The van der Waals surface area contributed by atoms with Crippen molar-refractivity contribution in [3.05, 3.63) is 46.4 Å². The Labute approximate surface area is 114 Å². The number of hydrogen-bond donors (Lipinski definition) is 1. The highest BCUT2D eigenvalue weighted by molar-refractivity contribution is 9.10. The molecule has 0 saturated carbocycles. The maximum atomic E-state index is 13.2. The van der Waals surface area contributed by atoms with E-state index in [9.17, 15) is 4.39 Å². The Morgan fingerprint density at radius 2 is 2.22 bits per heavy atom. The van der Waals surface area contributed by atoms with Crippen molar-refractivity contribution in [2.45, 2.75) is 19.9 Å². The van der Waals surface area contributed by atoms with Gasteiger partial charge in [-0.25, -0.2) is 9.07 Å². The second kappa shape index (κ2) is 6.11. The smallest absolute Gasteiger partial charge is 0.125 e. The summed E-state index contributed by atoms with van der Waals surface area (Å²) in [6.07, 6.45) is 2.93. The average molecular weight is 312 g/mol. The summed E-state index contributed by atoms with van der Waals surface area (Å²) in [5.41, 5.74) is 1.65. The Hall–Kier alpha value is -1.20. The van der Waals surface area contributed by atoms with Gasteiger partial charge in [-0.15, -0.1) is 0 Å². The molecule has 0 aliphatic rings. The minimum atomic E-state index is -0.269. The highest BCUT2D eigenvalue weighted by Crippen LogP contribution is 2.21. The minimum Gasteiger partial charge on any atom is -0.311 e. The van der Waals surface area contributed by atoms with Crippen LogP contribution in [0.4, 0.5) is 4.39 Å². The molecule has 0 bridgehead atoms. The van der Waals surface area contributed by atoms with E-state index in [0.717, 1.165) is 29.7 Å². The van der Waals surface area contributed by atoms with Crippen LogP contribution in [0.2, 0.25) is 0 Å². The first-order chi connectivity index (χ1) is 8.70. The van der Waals surface area contributed by atoms with Crippen LogP contribution in [-0.2, 0) is 6.54 Å². The first-order valence-corrected chi connectivity index (χ1v) is 6.70. The molecule has 0 atom stereocenters. The third kappa shape index (κ3) is 3.17. The van der Waals surface area contributed by atoms with Crippen LogP contribution in [0.25, 0.3) is 5.69 Å². The molecule has 1 N–H and O–H groups in total. The predicted octanol–water partition coefficient (Wildman–Crippen LogP) is 3.27. The van der Waals surface area contributed by atoms with Crippen LogP contribution >= 0.6 is 15.9 Å². The molecule has 1 aromatic carbocycles. The molecular formula is C13H15BrFN3. The molecule has 1 aromatic heterocycles. The Balaban J connectivity index is 2.16. The first kappa shape index (κ1) is 13.2. The lowest BCUT2D eigenvalue weighted by Crippen LogP contribution is -2.14. The van der Waals surface area contributed by atoms with Gasteiger partial charge in [0.2, 0.25) is 0 Å². The number of nitrogens with zero attached hydrogens (tertiary/aromatic N) is 2. The molecule has 0 spiro atoms. The molecule has 0 aliphatic heterocycles. The Kier molecular flexibility index (Phi) is 4.49. The topological polar surface area (TPSA) is 29.9 Å². The molecule has 3 nitrogen and oxygen atoms in total. The third-order valence-electron chi connectivity index (χ3n) is 2.53. The van der Waals surface area contributed by atoms with Crippen LogP contribution in [-0.4, -0.2) is 16.3 Å². The lowest BCUT2D eigenvalue weighted by Gasteiger charge is -2.04. The van der Waals surface area contributed by atoms with E-state index in [1.54, 1.807) is 10.7 Å². The maximum absolute atomic E-state index is 13.2. The summed E-state index contributed by atoms with van der Waals surface area (Å²) in [6, 6.07) is 6.49. The number of hydrogen-bond acceptors (Lipinski definition) is 2. The molecular weight excluding hydrogens is 297 g/mol. The molecule has 96 valence electrons. The highest BCUT2D eigenvalue weighted by atomic mass is 79.9. The van der Waals surface area contributed by atoms with Gasteiger partial charge in [0.1, 0.15) is 5.82 Å². The SMILES string of the molecule is CCCNCc1ccn(-c2cc(F)ccc2Br)n1. The number of benzene rings is 1. The van der Waals surface area contributed by atoms with E-state index in [-0.39, 0.29) is 5.82 Å². The molecule has 18 heavy (non-hydrogen) atoms. The van der Waals surface area contributed by atoms with Crippen molar-refractivity contribution in [1.29, 1.82) is 0 Å². The largest absolute Gasteiger partial charge is 0.311 e. The molecule has 0 radical (unpaired) electrons. The molecule has 0 saturated heterocycles. The molecule has 5 heteroatoms. The second-order valence-electron chi connectivity index (χ2n) is 4.02. The van der Waals surface area contributed by atoms with Crippen LogP contribution in [0.5, 0.6) is 0 Å². The number of rotatable bonds is 5. The Morgan fingerprint density at radius 3 is 3.00 bits per heavy atom. The number of halogens is 2. The fourth-order valence-electron chi connectivity index (χ4n) is 1.64. The zero-order valence-electron chi connectivity index (χ0n) is 10.2. The van der Waals surface area contributed by atoms with Gasteiger partial charge in [-0.1, -0.05) is 6.92 Å². The third-order valence-corrected chi connectivity index (χ3v) is 3.20. The average Bonchev–Trinajstić information content (AvgIpc) is 2.81. The molecule has 0 amide bonds. The molecule has 0 aliphatic carbocycles. The van der Waals surface area contributed by atoms with Crippen molar-refractivity contribution in [1.82, 2.24) is 15.1 Å². The van der Waals surface area contributed by atoms with Gasteiger partial charge in [-0.2, -0.15) is 5.10 Å². The van der Waals surface area contributed by atoms with Gasteiger partial charge in [-0.3, -0.25) is 0 Å². The van der Waals surface area contributed by atoms with E-state index >= 15 is 0 Å². The quantitative estimate of drug-likeness (QED) is 0.859. The van der Waals surface area contributed by atoms with E-state index < -0.39 is 0 Å². The van der Waals surface area contributed by atoms with Crippen LogP contribution in [0.1, 0.15) is 19.0 Å². The van der Waals surface area contributed by atoms with Gasteiger partial charge >= 0.3 is 0 Å². The van der Waals surface area contributed by atoms with Crippen molar-refractivity contribution in [2.75, 3.05) is 6.54 Å². The Bertz CT molecular complexity index is 525. The molecule has 0 unspecified atom stereocenters. The predicted molar refractivity (Wildman–Crippen MR) is 73.2 cm³/mol. The van der Waals surface area contributed by atoms with Crippen molar-refractivity contribution >= 4 is 15.9 Å². The van der Waals surface area contributed by atoms with Gasteiger partial charge in [0.25, 0.3) is 0 Å². The lowest BCUT2D eigenvalue weighted by molar-refractivity contribution is 0.623. The summed E-state index contributed by atoms with van der Waals surface area (Å²) in [5.74, 6) is -0.269. The molecule has 2 aromatic rings. The van der Waals surface area contributed by atoms with Crippen LogP contribution in [0, 0.1) is 5.82 Å². The normalized spacial score (nSPS) is 10.8. The van der Waals surface area contributed by atoms with E-state index in [1.165, 1.54) is 12.1 Å². The van der Waals surface area contributed by atoms with Gasteiger partial charge < -0.3 is 5.32 Å². The van der Waals surface area contributed by atoms with E-state index in [1.807, 2.05) is 12.3 Å². The fraction of sp³-hybridized carbons (Fsp3) is 0.308. The molecule has 1 heterocycles. The highest BCUT2D eigenvalue weighted by Gasteiger charge is 2.06. The Morgan fingerprint density at radius 1 is 1.39 bits per heavy atom. The molecule has 0 fully saturated rings. The van der Waals surface area contributed by atoms with Crippen LogP contribution in [0.15, 0.2) is 34.9 Å². The summed E-state index contributed by atoms with van der Waals surface area (Å²) in [6.45, 7) is 3.82. The minimum absolute atomic E-state index is 0.269. The maximum Gasteiger partial charge on any atom is 0.125 e.